The van der Waals surface area contributed by atoms with Crippen LogP contribution in [0.2, 0.25) is 5.02 Å². The van der Waals surface area contributed by atoms with Crippen molar-refractivity contribution in [1.29, 1.82) is 0 Å². The number of rotatable bonds is 3. The number of pyridine rings is 1. The monoisotopic (exact) mass is 376 g/mol. The van der Waals surface area contributed by atoms with Crippen LogP contribution in [0, 0.1) is 0 Å². The molecule has 1 aromatic carbocycles. The van der Waals surface area contributed by atoms with Crippen LogP contribution in [-0.4, -0.2) is 28.8 Å². The van der Waals surface area contributed by atoms with Gasteiger partial charge in [-0.05, 0) is 64.7 Å². The summed E-state index contributed by atoms with van der Waals surface area (Å²) in [6, 6.07) is 5.89. The summed E-state index contributed by atoms with van der Waals surface area (Å²) < 4.78 is 11.4. The molecule has 0 unspecified atom stereocenters. The highest BCUT2D eigenvalue weighted by Gasteiger charge is 2.26. The van der Waals surface area contributed by atoms with Gasteiger partial charge in [-0.3, -0.25) is 4.98 Å². The molecule has 5 nitrogen and oxygen atoms in total. The minimum atomic E-state index is -0.479. The average Bonchev–Trinajstić information content (AvgIpc) is 2.57. The van der Waals surface area contributed by atoms with Crippen LogP contribution in [0.1, 0.15) is 46.5 Å². The molecule has 3 rings (SSSR count). The summed E-state index contributed by atoms with van der Waals surface area (Å²) in [4.78, 5) is 16.0. The molecule has 2 aromatic rings. The SMILES string of the molecule is CC(C)(C)OC(=O)N[C@H]1CC[C@@H](Oc2ccc3cnccc3c2Cl)CC1. The molecular weight excluding hydrogens is 352 g/mol. The maximum Gasteiger partial charge on any atom is 0.407 e. The van der Waals surface area contributed by atoms with Crippen LogP contribution in [0.5, 0.6) is 5.75 Å². The molecule has 1 fully saturated rings. The predicted molar refractivity (Wildman–Crippen MR) is 103 cm³/mol. The zero-order valence-corrected chi connectivity index (χ0v) is 16.2. The zero-order chi connectivity index (χ0) is 18.7. The number of fused-ring (bicyclic) bond motifs is 1. The third-order valence-corrected chi connectivity index (χ3v) is 4.80. The molecule has 1 aliphatic rings. The summed E-state index contributed by atoms with van der Waals surface area (Å²) in [5.74, 6) is 0.703. The summed E-state index contributed by atoms with van der Waals surface area (Å²) in [7, 11) is 0. The Kier molecular flexibility index (Phi) is 5.56. The summed E-state index contributed by atoms with van der Waals surface area (Å²) in [5.41, 5.74) is -0.479. The molecule has 0 atom stereocenters. The largest absolute Gasteiger partial charge is 0.489 e. The van der Waals surface area contributed by atoms with Gasteiger partial charge in [-0.25, -0.2) is 4.79 Å². The first kappa shape index (κ1) is 18.8. The molecule has 1 N–H and O–H groups in total. The normalized spacial score (nSPS) is 20.6. The van der Waals surface area contributed by atoms with Crippen molar-refractivity contribution in [2.45, 2.75) is 64.2 Å². The van der Waals surface area contributed by atoms with Gasteiger partial charge in [-0.2, -0.15) is 0 Å². The van der Waals surface area contributed by atoms with Gasteiger partial charge >= 0.3 is 6.09 Å². The van der Waals surface area contributed by atoms with Crippen molar-refractivity contribution in [2.24, 2.45) is 0 Å². The lowest BCUT2D eigenvalue weighted by atomic mass is 9.93. The third kappa shape index (κ3) is 4.79. The highest BCUT2D eigenvalue weighted by atomic mass is 35.5. The van der Waals surface area contributed by atoms with E-state index >= 15 is 0 Å². The standard InChI is InChI=1S/C20H25ClN2O3/c1-20(2,3)26-19(24)23-14-5-7-15(8-6-14)25-17-9-4-13-12-22-11-10-16(13)18(17)21/h4,9-12,14-15H,5-8H2,1-3H3,(H,23,24)/t14-,15+. The zero-order valence-electron chi connectivity index (χ0n) is 15.4. The van der Waals surface area contributed by atoms with E-state index in [4.69, 9.17) is 21.1 Å². The van der Waals surface area contributed by atoms with Crippen LogP contribution in [0.25, 0.3) is 10.8 Å². The number of ether oxygens (including phenoxy) is 2. The van der Waals surface area contributed by atoms with Crippen molar-refractivity contribution in [1.82, 2.24) is 10.3 Å². The molecule has 0 saturated heterocycles. The van der Waals surface area contributed by atoms with E-state index in [2.05, 4.69) is 10.3 Å². The summed E-state index contributed by atoms with van der Waals surface area (Å²) in [6.07, 6.45) is 6.72. The molecule has 0 spiro atoms. The van der Waals surface area contributed by atoms with Gasteiger partial charge in [0.2, 0.25) is 0 Å². The number of carbonyl (C=O) groups is 1. The van der Waals surface area contributed by atoms with Gasteiger partial charge in [0.1, 0.15) is 11.4 Å². The number of benzene rings is 1. The van der Waals surface area contributed by atoms with Gasteiger partial charge in [0.25, 0.3) is 0 Å². The quantitative estimate of drug-likeness (QED) is 0.809. The van der Waals surface area contributed by atoms with Crippen molar-refractivity contribution in [2.75, 3.05) is 0 Å². The average molecular weight is 377 g/mol. The van der Waals surface area contributed by atoms with Gasteiger partial charge in [-0.1, -0.05) is 11.6 Å². The molecule has 140 valence electrons. The Morgan fingerprint density at radius 3 is 2.62 bits per heavy atom. The Labute approximate surface area is 159 Å². The fourth-order valence-corrected chi connectivity index (χ4v) is 3.46. The van der Waals surface area contributed by atoms with Gasteiger partial charge in [0.15, 0.2) is 0 Å². The number of hydrogen-bond donors (Lipinski definition) is 1. The second-order valence-electron chi connectivity index (χ2n) is 7.71. The summed E-state index contributed by atoms with van der Waals surface area (Å²) in [6.45, 7) is 5.59. The van der Waals surface area contributed by atoms with Gasteiger partial charge in [-0.15, -0.1) is 0 Å². The van der Waals surface area contributed by atoms with Crippen LogP contribution >= 0.6 is 11.6 Å². The number of nitrogens with zero attached hydrogens (tertiary/aromatic N) is 1. The van der Waals surface area contributed by atoms with Crippen molar-refractivity contribution in [3.8, 4) is 5.75 Å². The van der Waals surface area contributed by atoms with E-state index in [1.165, 1.54) is 0 Å². The Balaban J connectivity index is 1.54. The molecule has 1 aliphatic carbocycles. The van der Waals surface area contributed by atoms with Gasteiger partial charge in [0, 0.05) is 29.2 Å². The number of nitrogens with one attached hydrogen (secondary N) is 1. The number of aromatic nitrogens is 1. The first-order chi connectivity index (χ1) is 12.3. The van der Waals surface area contributed by atoms with E-state index in [0.717, 1.165) is 36.5 Å². The Bertz CT molecular complexity index is 780. The summed E-state index contributed by atoms with van der Waals surface area (Å²) >= 11 is 6.49. The van der Waals surface area contributed by atoms with E-state index in [9.17, 15) is 4.79 Å². The number of amides is 1. The number of halogens is 1. The lowest BCUT2D eigenvalue weighted by Gasteiger charge is -2.30. The van der Waals surface area contributed by atoms with E-state index in [-0.39, 0.29) is 18.2 Å². The first-order valence-electron chi connectivity index (χ1n) is 9.00. The molecule has 0 radical (unpaired) electrons. The van der Waals surface area contributed by atoms with Gasteiger partial charge < -0.3 is 14.8 Å². The second-order valence-corrected chi connectivity index (χ2v) is 8.09. The topological polar surface area (TPSA) is 60.5 Å². The highest BCUT2D eigenvalue weighted by molar-refractivity contribution is 6.37. The molecular formula is C20H25ClN2O3. The highest BCUT2D eigenvalue weighted by Crippen LogP contribution is 2.34. The molecule has 6 heteroatoms. The maximum absolute atomic E-state index is 11.9. The predicted octanol–water partition coefficient (Wildman–Crippen LogP) is 5.10. The van der Waals surface area contributed by atoms with E-state index in [1.807, 2.05) is 39.0 Å². The van der Waals surface area contributed by atoms with Gasteiger partial charge in [0.05, 0.1) is 11.1 Å². The van der Waals surface area contributed by atoms with E-state index in [0.29, 0.717) is 10.8 Å². The van der Waals surface area contributed by atoms with E-state index in [1.54, 1.807) is 12.4 Å². The number of alkyl carbamates (subject to hydrolysis) is 1. The Morgan fingerprint density at radius 2 is 1.92 bits per heavy atom. The van der Waals surface area contributed by atoms with Crippen LogP contribution in [-0.2, 0) is 4.74 Å². The first-order valence-corrected chi connectivity index (χ1v) is 9.38. The van der Waals surface area contributed by atoms with Crippen molar-refractivity contribution in [3.63, 3.8) is 0 Å². The van der Waals surface area contributed by atoms with Crippen LogP contribution < -0.4 is 10.1 Å². The number of hydrogen-bond acceptors (Lipinski definition) is 4. The molecule has 0 aliphatic heterocycles. The smallest absolute Gasteiger partial charge is 0.407 e. The minimum Gasteiger partial charge on any atom is -0.489 e. The van der Waals surface area contributed by atoms with Crippen molar-refractivity contribution < 1.29 is 14.3 Å². The van der Waals surface area contributed by atoms with Crippen molar-refractivity contribution >= 4 is 28.5 Å². The Morgan fingerprint density at radius 1 is 1.19 bits per heavy atom. The molecule has 1 aromatic heterocycles. The van der Waals surface area contributed by atoms with Crippen LogP contribution in [0.15, 0.2) is 30.6 Å². The molecule has 26 heavy (non-hydrogen) atoms. The minimum absolute atomic E-state index is 0.100. The summed E-state index contributed by atoms with van der Waals surface area (Å²) in [5, 5.41) is 5.51. The van der Waals surface area contributed by atoms with Crippen LogP contribution in [0.4, 0.5) is 4.79 Å². The fourth-order valence-electron chi connectivity index (χ4n) is 3.18. The molecule has 1 heterocycles. The lowest BCUT2D eigenvalue weighted by Crippen LogP contribution is -2.42. The third-order valence-electron chi connectivity index (χ3n) is 4.41. The van der Waals surface area contributed by atoms with Crippen LogP contribution in [0.3, 0.4) is 0 Å². The maximum atomic E-state index is 11.9. The Hall–Kier alpha value is -2.01. The molecule has 1 amide bonds. The second kappa shape index (κ2) is 7.70. The number of carbonyl (C=O) groups excluding carboxylic acids is 1. The molecule has 1 saturated carbocycles. The van der Waals surface area contributed by atoms with Crippen molar-refractivity contribution in [3.05, 3.63) is 35.6 Å². The fraction of sp³-hybridized carbons (Fsp3) is 0.500. The van der Waals surface area contributed by atoms with E-state index < -0.39 is 5.60 Å². The molecule has 0 bridgehead atoms. The lowest BCUT2D eigenvalue weighted by molar-refractivity contribution is 0.0471.